The average molecular weight is 439 g/mol. The molecule has 0 aliphatic carbocycles. The first-order valence-electron chi connectivity index (χ1n) is 11.4. The van der Waals surface area contributed by atoms with Gasteiger partial charge in [-0.3, -0.25) is 4.79 Å². The van der Waals surface area contributed by atoms with Crippen LogP contribution in [0.4, 0.5) is 5.69 Å². The maximum Gasteiger partial charge on any atom is 0.253 e. The number of ether oxygens (including phenoxy) is 3. The topological polar surface area (TPSA) is 71.5 Å². The van der Waals surface area contributed by atoms with Crippen molar-refractivity contribution in [1.29, 1.82) is 0 Å². The number of likely N-dealkylation sites (tertiary alicyclic amines) is 1. The molecule has 0 bridgehead atoms. The maximum atomic E-state index is 12.9. The molecule has 7 nitrogen and oxygen atoms in total. The summed E-state index contributed by atoms with van der Waals surface area (Å²) < 4.78 is 16.7. The number of anilines is 1. The Labute approximate surface area is 188 Å². The standard InChI is InChI=1S/C25H30N2O5/c28-24(19-1-3-20(4-2-19)25(29)17-31-18-25)27-11-9-23(10-12-27)32-22-7-5-21(6-8-22)26-13-15-30-16-14-26/h1-8,23,29H,9-18H2. The van der Waals surface area contributed by atoms with Gasteiger partial charge in [0.25, 0.3) is 5.91 Å². The molecule has 3 heterocycles. The van der Waals surface area contributed by atoms with Gasteiger partial charge in [-0.1, -0.05) is 12.1 Å². The third kappa shape index (κ3) is 4.46. The monoisotopic (exact) mass is 438 g/mol. The molecule has 0 aromatic heterocycles. The van der Waals surface area contributed by atoms with Crippen LogP contribution in [-0.4, -0.2) is 74.6 Å². The van der Waals surface area contributed by atoms with E-state index in [0.717, 1.165) is 50.5 Å². The third-order valence-corrected chi connectivity index (χ3v) is 6.60. The molecule has 2 aromatic rings. The van der Waals surface area contributed by atoms with E-state index in [4.69, 9.17) is 14.2 Å². The molecule has 32 heavy (non-hydrogen) atoms. The van der Waals surface area contributed by atoms with Crippen molar-refractivity contribution in [3.05, 3.63) is 59.7 Å². The van der Waals surface area contributed by atoms with Crippen LogP contribution in [0.15, 0.2) is 48.5 Å². The zero-order valence-corrected chi connectivity index (χ0v) is 18.2. The summed E-state index contributed by atoms with van der Waals surface area (Å²) in [5, 5.41) is 10.3. The van der Waals surface area contributed by atoms with Crippen LogP contribution in [0, 0.1) is 0 Å². The van der Waals surface area contributed by atoms with E-state index in [1.807, 2.05) is 29.2 Å². The lowest BCUT2D eigenvalue weighted by Crippen LogP contribution is -2.46. The number of aliphatic hydroxyl groups is 1. The summed E-state index contributed by atoms with van der Waals surface area (Å²) in [5.74, 6) is 0.905. The number of morpholine rings is 1. The Morgan fingerprint density at radius 3 is 2.16 bits per heavy atom. The van der Waals surface area contributed by atoms with Crippen molar-refractivity contribution in [1.82, 2.24) is 4.90 Å². The van der Waals surface area contributed by atoms with E-state index in [2.05, 4.69) is 17.0 Å². The number of carbonyl (C=O) groups is 1. The van der Waals surface area contributed by atoms with Crippen LogP contribution in [0.1, 0.15) is 28.8 Å². The second kappa shape index (κ2) is 9.10. The van der Waals surface area contributed by atoms with Gasteiger partial charge < -0.3 is 29.1 Å². The summed E-state index contributed by atoms with van der Waals surface area (Å²) in [7, 11) is 0. The molecule has 0 atom stereocenters. The van der Waals surface area contributed by atoms with Crippen molar-refractivity contribution in [2.45, 2.75) is 24.5 Å². The Balaban J connectivity index is 1.12. The summed E-state index contributed by atoms with van der Waals surface area (Å²) in [6, 6.07) is 15.5. The fraction of sp³-hybridized carbons (Fsp3) is 0.480. The Bertz CT molecular complexity index is 912. The Morgan fingerprint density at radius 2 is 1.56 bits per heavy atom. The number of nitrogens with zero attached hydrogens (tertiary/aromatic N) is 2. The first kappa shape index (κ1) is 21.2. The lowest BCUT2D eigenvalue weighted by Gasteiger charge is -2.37. The van der Waals surface area contributed by atoms with E-state index >= 15 is 0 Å². The van der Waals surface area contributed by atoms with Gasteiger partial charge in [0, 0.05) is 50.3 Å². The summed E-state index contributed by atoms with van der Waals surface area (Å²) in [5.41, 5.74) is 1.74. The number of carbonyl (C=O) groups excluding carboxylic acids is 1. The largest absolute Gasteiger partial charge is 0.490 e. The van der Waals surface area contributed by atoms with E-state index in [0.29, 0.717) is 31.9 Å². The minimum absolute atomic E-state index is 0.0294. The molecule has 2 aromatic carbocycles. The highest BCUT2D eigenvalue weighted by atomic mass is 16.5. The fourth-order valence-electron chi connectivity index (χ4n) is 4.49. The number of benzene rings is 2. The zero-order chi connectivity index (χ0) is 22.0. The summed E-state index contributed by atoms with van der Waals surface area (Å²) >= 11 is 0. The molecule has 5 rings (SSSR count). The van der Waals surface area contributed by atoms with Gasteiger partial charge in [-0.25, -0.2) is 0 Å². The van der Waals surface area contributed by atoms with Crippen molar-refractivity contribution in [3.63, 3.8) is 0 Å². The number of hydrogen-bond donors (Lipinski definition) is 1. The molecule has 3 saturated heterocycles. The quantitative estimate of drug-likeness (QED) is 0.773. The lowest BCUT2D eigenvalue weighted by atomic mass is 9.91. The second-order valence-corrected chi connectivity index (χ2v) is 8.80. The highest BCUT2D eigenvalue weighted by Crippen LogP contribution is 2.30. The molecule has 1 N–H and O–H groups in total. The average Bonchev–Trinajstić information content (AvgIpc) is 2.84. The Hall–Kier alpha value is -2.61. The van der Waals surface area contributed by atoms with Gasteiger partial charge in [-0.05, 0) is 42.0 Å². The molecule has 3 aliphatic rings. The van der Waals surface area contributed by atoms with Gasteiger partial charge in [0.15, 0.2) is 0 Å². The van der Waals surface area contributed by atoms with Gasteiger partial charge in [0.1, 0.15) is 17.5 Å². The molecule has 3 aliphatic heterocycles. The predicted octanol–water partition coefficient (Wildman–Crippen LogP) is 2.42. The summed E-state index contributed by atoms with van der Waals surface area (Å²) in [6.45, 7) is 5.36. The highest BCUT2D eigenvalue weighted by Gasteiger charge is 2.38. The van der Waals surface area contributed by atoms with E-state index in [9.17, 15) is 9.90 Å². The van der Waals surface area contributed by atoms with Gasteiger partial charge in [-0.2, -0.15) is 0 Å². The van der Waals surface area contributed by atoms with E-state index in [1.165, 1.54) is 5.69 Å². The molecule has 0 radical (unpaired) electrons. The van der Waals surface area contributed by atoms with E-state index < -0.39 is 5.60 Å². The van der Waals surface area contributed by atoms with Crippen molar-refractivity contribution in [3.8, 4) is 5.75 Å². The van der Waals surface area contributed by atoms with Crippen LogP contribution in [0.25, 0.3) is 0 Å². The molecule has 0 spiro atoms. The minimum Gasteiger partial charge on any atom is -0.490 e. The van der Waals surface area contributed by atoms with Crippen molar-refractivity contribution < 1.29 is 24.1 Å². The molecule has 1 amide bonds. The van der Waals surface area contributed by atoms with Crippen LogP contribution in [0.2, 0.25) is 0 Å². The fourth-order valence-corrected chi connectivity index (χ4v) is 4.49. The molecular formula is C25H30N2O5. The molecule has 0 unspecified atom stereocenters. The van der Waals surface area contributed by atoms with Gasteiger partial charge >= 0.3 is 0 Å². The second-order valence-electron chi connectivity index (χ2n) is 8.80. The van der Waals surface area contributed by atoms with E-state index in [-0.39, 0.29) is 12.0 Å². The van der Waals surface area contributed by atoms with Crippen LogP contribution in [0.3, 0.4) is 0 Å². The summed E-state index contributed by atoms with van der Waals surface area (Å²) in [6.07, 6.45) is 1.74. The van der Waals surface area contributed by atoms with E-state index in [1.54, 1.807) is 12.1 Å². The zero-order valence-electron chi connectivity index (χ0n) is 18.2. The third-order valence-electron chi connectivity index (χ3n) is 6.60. The Kier molecular flexibility index (Phi) is 6.04. The molecule has 0 saturated carbocycles. The SMILES string of the molecule is O=C(c1ccc(C2(O)COC2)cc1)N1CCC(Oc2ccc(N3CCOCC3)cc2)CC1. The molecule has 7 heteroatoms. The number of hydrogen-bond acceptors (Lipinski definition) is 6. The maximum absolute atomic E-state index is 12.9. The molecular weight excluding hydrogens is 408 g/mol. The Morgan fingerprint density at radius 1 is 0.906 bits per heavy atom. The van der Waals surface area contributed by atoms with Crippen LogP contribution < -0.4 is 9.64 Å². The normalized spacial score (nSPS) is 21.2. The van der Waals surface area contributed by atoms with Gasteiger partial charge in [-0.15, -0.1) is 0 Å². The number of rotatable bonds is 5. The van der Waals surface area contributed by atoms with Gasteiger partial charge in [0.2, 0.25) is 0 Å². The smallest absolute Gasteiger partial charge is 0.253 e. The van der Waals surface area contributed by atoms with Crippen LogP contribution in [-0.2, 0) is 15.1 Å². The molecule has 3 fully saturated rings. The van der Waals surface area contributed by atoms with Crippen molar-refractivity contribution in [2.24, 2.45) is 0 Å². The van der Waals surface area contributed by atoms with Crippen molar-refractivity contribution in [2.75, 3.05) is 57.5 Å². The lowest BCUT2D eigenvalue weighted by molar-refractivity contribution is -0.184. The van der Waals surface area contributed by atoms with Crippen LogP contribution >= 0.6 is 0 Å². The number of amides is 1. The highest BCUT2D eigenvalue weighted by molar-refractivity contribution is 5.94. The molecule has 170 valence electrons. The predicted molar refractivity (Wildman–Crippen MR) is 120 cm³/mol. The first-order valence-corrected chi connectivity index (χ1v) is 11.4. The number of piperidine rings is 1. The summed E-state index contributed by atoms with van der Waals surface area (Å²) in [4.78, 5) is 17.1. The van der Waals surface area contributed by atoms with Crippen LogP contribution in [0.5, 0.6) is 5.75 Å². The van der Waals surface area contributed by atoms with Crippen molar-refractivity contribution >= 4 is 11.6 Å². The van der Waals surface area contributed by atoms with Gasteiger partial charge in [0.05, 0.1) is 26.4 Å². The minimum atomic E-state index is -0.905. The first-order chi connectivity index (χ1) is 15.6.